The summed E-state index contributed by atoms with van der Waals surface area (Å²) in [7, 11) is 1.36. The fourth-order valence-electron chi connectivity index (χ4n) is 1.06. The molecular weight excluding hydrogens is 260 g/mol. The number of rotatable bonds is 6. The van der Waals surface area contributed by atoms with Crippen molar-refractivity contribution in [1.29, 1.82) is 0 Å². The number of methoxy groups -OCH3 is 1. The topological polar surface area (TPSA) is 63.6 Å². The number of hydrogen-bond acceptors (Lipinski definition) is 5. The van der Waals surface area contributed by atoms with Crippen LogP contribution in [0.2, 0.25) is 0 Å². The number of carboxylic acids is 1. The molecule has 0 aliphatic rings. The van der Waals surface area contributed by atoms with E-state index in [0.717, 1.165) is 16.5 Å². The average Bonchev–Trinajstić information content (AvgIpc) is 2.73. The van der Waals surface area contributed by atoms with Gasteiger partial charge in [0.2, 0.25) is 0 Å². The van der Waals surface area contributed by atoms with Crippen molar-refractivity contribution in [3.8, 4) is 0 Å². The molecule has 92 valence electrons. The Morgan fingerprint density at radius 1 is 1.59 bits per heavy atom. The van der Waals surface area contributed by atoms with Crippen LogP contribution in [0.25, 0.3) is 6.08 Å². The second kappa shape index (κ2) is 7.13. The first kappa shape index (κ1) is 13.8. The van der Waals surface area contributed by atoms with Crippen molar-refractivity contribution in [2.45, 2.75) is 5.75 Å². The molecule has 0 aromatic carbocycles. The van der Waals surface area contributed by atoms with Crippen molar-refractivity contribution < 1.29 is 19.4 Å². The van der Waals surface area contributed by atoms with Crippen LogP contribution in [0, 0.1) is 0 Å². The van der Waals surface area contributed by atoms with E-state index in [2.05, 4.69) is 4.74 Å². The summed E-state index contributed by atoms with van der Waals surface area (Å²) in [4.78, 5) is 22.4. The number of aliphatic carboxylic acids is 1. The second-order valence-corrected chi connectivity index (χ2v) is 5.03. The Morgan fingerprint density at radius 3 is 3.00 bits per heavy atom. The number of carboxylic acid groups (broad SMARTS) is 1. The first-order valence-corrected chi connectivity index (χ1v) is 6.79. The van der Waals surface area contributed by atoms with Gasteiger partial charge in [-0.15, -0.1) is 23.1 Å². The number of esters is 1. The molecule has 1 heterocycles. The Morgan fingerprint density at radius 2 is 2.35 bits per heavy atom. The van der Waals surface area contributed by atoms with Crippen molar-refractivity contribution in [2.75, 3.05) is 12.9 Å². The molecule has 0 saturated carbocycles. The maximum atomic E-state index is 10.9. The van der Waals surface area contributed by atoms with Crippen molar-refractivity contribution in [1.82, 2.24) is 0 Å². The van der Waals surface area contributed by atoms with Crippen LogP contribution >= 0.6 is 23.1 Å². The van der Waals surface area contributed by atoms with E-state index >= 15 is 0 Å². The third kappa shape index (κ3) is 5.06. The molecule has 0 amide bonds. The zero-order valence-electron chi connectivity index (χ0n) is 9.21. The Labute approximate surface area is 107 Å². The van der Waals surface area contributed by atoms with Crippen molar-refractivity contribution in [3.63, 3.8) is 0 Å². The van der Waals surface area contributed by atoms with Crippen LogP contribution < -0.4 is 0 Å². The summed E-state index contributed by atoms with van der Waals surface area (Å²) < 4.78 is 4.53. The van der Waals surface area contributed by atoms with E-state index in [1.54, 1.807) is 17.4 Å². The lowest BCUT2D eigenvalue weighted by Crippen LogP contribution is -2.03. The van der Waals surface area contributed by atoms with Gasteiger partial charge in [-0.1, -0.05) is 0 Å². The summed E-state index contributed by atoms with van der Waals surface area (Å²) >= 11 is 2.99. The van der Waals surface area contributed by atoms with Gasteiger partial charge >= 0.3 is 11.9 Å². The van der Waals surface area contributed by atoms with Crippen LogP contribution in [0.3, 0.4) is 0 Å². The van der Waals surface area contributed by atoms with Crippen LogP contribution in [-0.4, -0.2) is 29.9 Å². The predicted octanol–water partition coefficient (Wildman–Crippen LogP) is 2.25. The smallest absolute Gasteiger partial charge is 0.328 e. The first-order chi connectivity index (χ1) is 8.13. The summed E-state index contributed by atoms with van der Waals surface area (Å²) in [5, 5.41) is 10.4. The Kier molecular flexibility index (Phi) is 5.79. The second-order valence-electron chi connectivity index (χ2n) is 3.04. The Balaban J connectivity index is 2.51. The number of thiophene rings is 1. The zero-order valence-corrected chi connectivity index (χ0v) is 10.8. The highest BCUT2D eigenvalue weighted by atomic mass is 32.2. The highest BCUT2D eigenvalue weighted by Gasteiger charge is 2.05. The predicted molar refractivity (Wildman–Crippen MR) is 69.2 cm³/mol. The molecule has 0 bridgehead atoms. The molecule has 4 nitrogen and oxygen atoms in total. The van der Waals surface area contributed by atoms with Gasteiger partial charge in [0.25, 0.3) is 0 Å². The molecule has 0 atom stereocenters. The van der Waals surface area contributed by atoms with Gasteiger partial charge in [0.15, 0.2) is 0 Å². The van der Waals surface area contributed by atoms with E-state index in [-0.39, 0.29) is 5.97 Å². The highest BCUT2D eigenvalue weighted by Crippen LogP contribution is 2.23. The fourth-order valence-corrected chi connectivity index (χ4v) is 2.98. The lowest BCUT2D eigenvalue weighted by Gasteiger charge is -2.00. The minimum absolute atomic E-state index is 0.255. The first-order valence-electron chi connectivity index (χ1n) is 4.75. The molecule has 0 fully saturated rings. The molecule has 0 saturated heterocycles. The van der Waals surface area contributed by atoms with Crippen LogP contribution in [-0.2, 0) is 20.1 Å². The Bertz CT molecular complexity index is 423. The average molecular weight is 272 g/mol. The maximum absolute atomic E-state index is 10.9. The molecule has 1 N–H and O–H groups in total. The lowest BCUT2D eigenvalue weighted by molar-refractivity contribution is -0.137. The van der Waals surface area contributed by atoms with E-state index in [0.29, 0.717) is 11.5 Å². The Hall–Kier alpha value is -1.27. The lowest BCUT2D eigenvalue weighted by atomic mass is 10.2. The molecule has 0 radical (unpaired) electrons. The van der Waals surface area contributed by atoms with Gasteiger partial charge in [0.1, 0.15) is 0 Å². The van der Waals surface area contributed by atoms with E-state index in [1.807, 2.05) is 11.4 Å². The molecule has 1 rings (SSSR count). The van der Waals surface area contributed by atoms with E-state index in [4.69, 9.17) is 5.11 Å². The molecule has 0 aliphatic carbocycles. The quantitative estimate of drug-likeness (QED) is 0.635. The van der Waals surface area contributed by atoms with Crippen molar-refractivity contribution in [2.24, 2.45) is 0 Å². The SMILES string of the molecule is COC(=O)CSCc1sccc1C=CC(=O)O. The minimum Gasteiger partial charge on any atom is -0.478 e. The molecular formula is C11H12O4S2. The molecule has 1 aromatic rings. The van der Waals surface area contributed by atoms with E-state index < -0.39 is 5.97 Å². The fraction of sp³-hybridized carbons (Fsp3) is 0.273. The van der Waals surface area contributed by atoms with Crippen LogP contribution in [0.5, 0.6) is 0 Å². The molecule has 1 aromatic heterocycles. The van der Waals surface area contributed by atoms with Gasteiger partial charge in [0, 0.05) is 16.7 Å². The van der Waals surface area contributed by atoms with Crippen LogP contribution in [0.1, 0.15) is 10.4 Å². The highest BCUT2D eigenvalue weighted by molar-refractivity contribution is 7.99. The van der Waals surface area contributed by atoms with Gasteiger partial charge < -0.3 is 9.84 Å². The summed E-state index contributed by atoms with van der Waals surface area (Å²) in [5.74, 6) is -0.249. The summed E-state index contributed by atoms with van der Waals surface area (Å²) in [6.07, 6.45) is 2.67. The van der Waals surface area contributed by atoms with Gasteiger partial charge in [0.05, 0.1) is 12.9 Å². The largest absolute Gasteiger partial charge is 0.478 e. The minimum atomic E-state index is -0.968. The molecule has 0 aliphatic heterocycles. The van der Waals surface area contributed by atoms with Crippen LogP contribution in [0.4, 0.5) is 0 Å². The van der Waals surface area contributed by atoms with E-state index in [9.17, 15) is 9.59 Å². The van der Waals surface area contributed by atoms with Crippen LogP contribution in [0.15, 0.2) is 17.5 Å². The monoisotopic (exact) mass is 272 g/mol. The summed E-state index contributed by atoms with van der Waals surface area (Å²) in [5.41, 5.74) is 0.884. The van der Waals surface area contributed by atoms with Gasteiger partial charge in [-0.05, 0) is 23.1 Å². The molecule has 17 heavy (non-hydrogen) atoms. The molecule has 6 heteroatoms. The summed E-state index contributed by atoms with van der Waals surface area (Å²) in [6, 6.07) is 1.86. The third-order valence-corrected chi connectivity index (χ3v) is 3.92. The van der Waals surface area contributed by atoms with Gasteiger partial charge in [-0.2, -0.15) is 0 Å². The van der Waals surface area contributed by atoms with E-state index in [1.165, 1.54) is 18.9 Å². The molecule has 0 spiro atoms. The van der Waals surface area contributed by atoms with Gasteiger partial charge in [-0.25, -0.2) is 4.79 Å². The normalized spacial score (nSPS) is 10.6. The number of carbonyl (C=O) groups is 2. The number of ether oxygens (including phenoxy) is 1. The van der Waals surface area contributed by atoms with Crippen molar-refractivity contribution in [3.05, 3.63) is 28.0 Å². The molecule has 0 unspecified atom stereocenters. The van der Waals surface area contributed by atoms with Crippen molar-refractivity contribution >= 4 is 41.1 Å². The number of hydrogen-bond donors (Lipinski definition) is 1. The standard InChI is InChI=1S/C11H12O4S2/c1-15-11(14)7-16-6-9-8(4-5-17-9)2-3-10(12)13/h2-5H,6-7H2,1H3,(H,12,13). The van der Waals surface area contributed by atoms with Gasteiger partial charge in [-0.3, -0.25) is 4.79 Å². The summed E-state index contributed by atoms with van der Waals surface area (Å²) in [6.45, 7) is 0. The number of thioether (sulfide) groups is 1. The maximum Gasteiger partial charge on any atom is 0.328 e. The number of carbonyl (C=O) groups excluding carboxylic acids is 1. The third-order valence-electron chi connectivity index (χ3n) is 1.87. The zero-order chi connectivity index (χ0) is 12.7.